The third-order valence-electron chi connectivity index (χ3n) is 4.46. The van der Waals surface area contributed by atoms with E-state index in [0.717, 1.165) is 18.5 Å². The topological polar surface area (TPSA) is 24.1 Å². The molecule has 1 aromatic heterocycles. The van der Waals surface area contributed by atoms with E-state index in [2.05, 4.69) is 48.0 Å². The van der Waals surface area contributed by atoms with E-state index >= 15 is 0 Å². The maximum Gasteiger partial charge on any atom is 0.213 e. The standard InChI is InChI=1S/C19H17NO/c1-12-3-4-14-9-18-17-8-13(2)19(21)10-15(17)5-6-20(18)11-16(14)7-12/h3-4,7-11H,5-6H2,1-2H3/p+1. The summed E-state index contributed by atoms with van der Waals surface area (Å²) in [5.74, 6) is 0.401. The molecule has 0 spiro atoms. The van der Waals surface area contributed by atoms with Crippen molar-refractivity contribution in [3.8, 4) is 17.0 Å². The smallest absolute Gasteiger partial charge is 0.213 e. The molecule has 0 amide bonds. The summed E-state index contributed by atoms with van der Waals surface area (Å²) < 4.78 is 2.33. The van der Waals surface area contributed by atoms with E-state index in [-0.39, 0.29) is 0 Å². The molecule has 0 radical (unpaired) electrons. The Morgan fingerprint density at radius 1 is 1.00 bits per heavy atom. The van der Waals surface area contributed by atoms with Crippen LogP contribution in [0.15, 0.2) is 42.6 Å². The Balaban J connectivity index is 2.01. The second-order valence-electron chi connectivity index (χ2n) is 6.03. The first-order chi connectivity index (χ1) is 10.1. The maximum absolute atomic E-state index is 9.92. The number of rotatable bonds is 0. The Bertz CT molecular complexity index is 880. The number of phenols is 1. The average Bonchev–Trinajstić information content (AvgIpc) is 2.47. The lowest BCUT2D eigenvalue weighted by Gasteiger charge is -2.16. The number of aryl methyl sites for hydroxylation is 4. The molecule has 4 rings (SSSR count). The predicted octanol–water partition coefficient (Wildman–Crippen LogP) is 3.67. The van der Waals surface area contributed by atoms with E-state index in [1.807, 2.05) is 13.0 Å². The molecule has 0 saturated carbocycles. The van der Waals surface area contributed by atoms with Crippen LogP contribution in [0.3, 0.4) is 0 Å². The van der Waals surface area contributed by atoms with Crippen LogP contribution >= 0.6 is 0 Å². The fraction of sp³-hybridized carbons (Fsp3) is 0.211. The second-order valence-corrected chi connectivity index (χ2v) is 6.03. The van der Waals surface area contributed by atoms with Crippen molar-refractivity contribution in [3.63, 3.8) is 0 Å². The molecule has 2 heterocycles. The van der Waals surface area contributed by atoms with Crippen LogP contribution in [0.2, 0.25) is 0 Å². The fourth-order valence-corrected chi connectivity index (χ4v) is 3.25. The van der Waals surface area contributed by atoms with Gasteiger partial charge in [0.25, 0.3) is 0 Å². The van der Waals surface area contributed by atoms with Gasteiger partial charge < -0.3 is 5.11 Å². The summed E-state index contributed by atoms with van der Waals surface area (Å²) in [7, 11) is 0. The first-order valence-corrected chi connectivity index (χ1v) is 7.38. The van der Waals surface area contributed by atoms with Crippen LogP contribution in [0, 0.1) is 13.8 Å². The van der Waals surface area contributed by atoms with Gasteiger partial charge in [-0.3, -0.25) is 0 Å². The number of benzene rings is 2. The molecule has 0 saturated heterocycles. The Hall–Kier alpha value is -2.35. The lowest BCUT2D eigenvalue weighted by atomic mass is 9.93. The van der Waals surface area contributed by atoms with Crippen LogP contribution < -0.4 is 4.57 Å². The van der Waals surface area contributed by atoms with Gasteiger partial charge in [0.2, 0.25) is 5.69 Å². The van der Waals surface area contributed by atoms with Crippen molar-refractivity contribution in [3.05, 3.63) is 59.3 Å². The zero-order valence-corrected chi connectivity index (χ0v) is 12.4. The normalized spacial score (nSPS) is 13.0. The van der Waals surface area contributed by atoms with Gasteiger partial charge in [-0.15, -0.1) is 0 Å². The first kappa shape index (κ1) is 12.4. The van der Waals surface area contributed by atoms with Gasteiger partial charge in [0.1, 0.15) is 5.75 Å². The highest BCUT2D eigenvalue weighted by Gasteiger charge is 2.24. The van der Waals surface area contributed by atoms with Crippen LogP contribution in [-0.2, 0) is 13.0 Å². The molecule has 1 aliphatic heterocycles. The number of hydrogen-bond acceptors (Lipinski definition) is 1. The quantitative estimate of drug-likeness (QED) is 0.622. The van der Waals surface area contributed by atoms with Crippen LogP contribution in [0.1, 0.15) is 16.7 Å². The SMILES string of the molecule is Cc1ccc2cc3[n+](cc2c1)CCc1cc(O)c(C)cc1-3. The molecule has 21 heavy (non-hydrogen) atoms. The lowest BCUT2D eigenvalue weighted by molar-refractivity contribution is -0.686. The molecule has 0 unspecified atom stereocenters. The highest BCUT2D eigenvalue weighted by atomic mass is 16.3. The Morgan fingerprint density at radius 3 is 2.71 bits per heavy atom. The second kappa shape index (κ2) is 4.32. The van der Waals surface area contributed by atoms with Crippen molar-refractivity contribution in [2.45, 2.75) is 26.8 Å². The Labute approximate surface area is 124 Å². The summed E-state index contributed by atoms with van der Waals surface area (Å²) in [5.41, 5.74) is 5.96. The maximum atomic E-state index is 9.92. The number of fused-ring (bicyclic) bond motifs is 4. The van der Waals surface area contributed by atoms with Crippen LogP contribution in [-0.4, -0.2) is 5.11 Å². The van der Waals surface area contributed by atoms with E-state index < -0.39 is 0 Å². The van der Waals surface area contributed by atoms with Gasteiger partial charge in [0.05, 0.1) is 5.56 Å². The van der Waals surface area contributed by atoms with Gasteiger partial charge in [-0.25, -0.2) is 0 Å². The molecule has 0 atom stereocenters. The van der Waals surface area contributed by atoms with E-state index in [9.17, 15) is 5.11 Å². The zero-order valence-electron chi connectivity index (χ0n) is 12.4. The summed E-state index contributed by atoms with van der Waals surface area (Å²) in [5, 5.41) is 12.5. The third kappa shape index (κ3) is 1.90. The van der Waals surface area contributed by atoms with Crippen molar-refractivity contribution < 1.29 is 9.67 Å². The number of aromatic hydroxyl groups is 1. The summed E-state index contributed by atoms with van der Waals surface area (Å²) >= 11 is 0. The average molecular weight is 276 g/mol. The van der Waals surface area contributed by atoms with Gasteiger partial charge in [0, 0.05) is 17.9 Å². The van der Waals surface area contributed by atoms with Crippen LogP contribution in [0.25, 0.3) is 22.0 Å². The van der Waals surface area contributed by atoms with Crippen LogP contribution in [0.4, 0.5) is 0 Å². The van der Waals surface area contributed by atoms with E-state index in [1.165, 1.54) is 33.2 Å². The molecule has 2 aromatic carbocycles. The molecule has 0 aliphatic carbocycles. The molecule has 0 bridgehead atoms. The largest absolute Gasteiger partial charge is 0.508 e. The fourth-order valence-electron chi connectivity index (χ4n) is 3.25. The summed E-state index contributed by atoms with van der Waals surface area (Å²) in [4.78, 5) is 0. The first-order valence-electron chi connectivity index (χ1n) is 7.38. The lowest BCUT2D eigenvalue weighted by Crippen LogP contribution is -2.40. The zero-order chi connectivity index (χ0) is 14.6. The number of pyridine rings is 1. The molecule has 2 nitrogen and oxygen atoms in total. The Morgan fingerprint density at radius 2 is 1.86 bits per heavy atom. The molecule has 1 N–H and O–H groups in total. The van der Waals surface area contributed by atoms with Gasteiger partial charge in [-0.05, 0) is 48.6 Å². The summed E-state index contributed by atoms with van der Waals surface area (Å²) in [6.07, 6.45) is 3.22. The molecule has 3 aromatic rings. The number of hydrogen-bond donors (Lipinski definition) is 1. The highest BCUT2D eigenvalue weighted by molar-refractivity contribution is 5.85. The van der Waals surface area contributed by atoms with Gasteiger partial charge >= 0.3 is 0 Å². The van der Waals surface area contributed by atoms with E-state index in [0.29, 0.717) is 5.75 Å². The van der Waals surface area contributed by atoms with Gasteiger partial charge in [-0.1, -0.05) is 17.7 Å². The minimum absolute atomic E-state index is 0.401. The highest BCUT2D eigenvalue weighted by Crippen LogP contribution is 2.32. The van der Waals surface area contributed by atoms with Gasteiger partial charge in [-0.2, -0.15) is 4.57 Å². The summed E-state index contributed by atoms with van der Waals surface area (Å²) in [6, 6.07) is 12.9. The molecule has 0 fully saturated rings. The molecule has 2 heteroatoms. The molecule has 1 aliphatic rings. The van der Waals surface area contributed by atoms with E-state index in [4.69, 9.17) is 0 Å². The van der Waals surface area contributed by atoms with Crippen molar-refractivity contribution in [1.29, 1.82) is 0 Å². The van der Waals surface area contributed by atoms with Crippen molar-refractivity contribution >= 4 is 10.8 Å². The molecule has 104 valence electrons. The predicted molar refractivity (Wildman–Crippen MR) is 84.4 cm³/mol. The Kier molecular flexibility index (Phi) is 2.55. The van der Waals surface area contributed by atoms with Gasteiger partial charge in [0.15, 0.2) is 12.7 Å². The minimum Gasteiger partial charge on any atom is -0.508 e. The van der Waals surface area contributed by atoms with Crippen LogP contribution in [0.5, 0.6) is 5.75 Å². The third-order valence-corrected chi connectivity index (χ3v) is 4.46. The summed E-state index contributed by atoms with van der Waals surface area (Å²) in [6.45, 7) is 5.05. The number of nitrogens with zero attached hydrogens (tertiary/aromatic N) is 1. The van der Waals surface area contributed by atoms with E-state index in [1.54, 1.807) is 0 Å². The van der Waals surface area contributed by atoms with Crippen molar-refractivity contribution in [1.82, 2.24) is 0 Å². The van der Waals surface area contributed by atoms with Crippen molar-refractivity contribution in [2.24, 2.45) is 0 Å². The molecular weight excluding hydrogens is 258 g/mol. The number of aromatic nitrogens is 1. The number of phenolic OH excluding ortho intramolecular Hbond substituents is 1. The monoisotopic (exact) mass is 276 g/mol. The van der Waals surface area contributed by atoms with Crippen molar-refractivity contribution in [2.75, 3.05) is 0 Å². The minimum atomic E-state index is 0.401. The molecular formula is C19H18NO+.